The van der Waals surface area contributed by atoms with Crippen molar-refractivity contribution in [3.8, 4) is 5.75 Å². The van der Waals surface area contributed by atoms with Crippen molar-refractivity contribution in [2.45, 2.75) is 91.0 Å². The molecule has 5 atom stereocenters. The molecule has 0 unspecified atom stereocenters. The van der Waals surface area contributed by atoms with E-state index in [1.54, 1.807) is 57.6 Å². The fourth-order valence-corrected chi connectivity index (χ4v) is 7.14. The Morgan fingerprint density at radius 3 is 2.12 bits per heavy atom. The van der Waals surface area contributed by atoms with Gasteiger partial charge < -0.3 is 41.2 Å². The van der Waals surface area contributed by atoms with E-state index < -0.39 is 72.2 Å². The maximum atomic E-state index is 14.4. The van der Waals surface area contributed by atoms with Crippen LogP contribution in [-0.4, -0.2) is 106 Å². The van der Waals surface area contributed by atoms with Crippen LogP contribution in [-0.2, 0) is 43.9 Å². The number of aromatic nitrogens is 3. The average Bonchev–Trinajstić information content (AvgIpc) is 3.76. The lowest BCUT2D eigenvalue weighted by molar-refractivity contribution is -0.135. The van der Waals surface area contributed by atoms with Crippen LogP contribution < -0.4 is 31.3 Å². The Bertz CT molecular complexity index is 2140. The van der Waals surface area contributed by atoms with Crippen LogP contribution in [0, 0.1) is 18.8 Å². The molecule has 316 valence electrons. The van der Waals surface area contributed by atoms with Gasteiger partial charge in [0.1, 0.15) is 35.6 Å². The third-order valence-electron chi connectivity index (χ3n) is 10.5. The van der Waals surface area contributed by atoms with Crippen LogP contribution in [0.4, 0.5) is 0 Å². The molecule has 0 radical (unpaired) electrons. The molecule has 6 amide bonds. The zero-order valence-electron chi connectivity index (χ0n) is 35.0. The van der Waals surface area contributed by atoms with E-state index >= 15 is 0 Å². The van der Waals surface area contributed by atoms with Crippen molar-refractivity contribution in [3.63, 3.8) is 0 Å². The first-order valence-electron chi connectivity index (χ1n) is 20.0. The number of hydrogen-bond acceptors (Lipinski definition) is 8. The predicted octanol–water partition coefficient (Wildman–Crippen LogP) is 2.31. The van der Waals surface area contributed by atoms with Crippen LogP contribution in [0.5, 0.6) is 5.75 Å². The van der Waals surface area contributed by atoms with E-state index in [9.17, 15) is 28.8 Å². The van der Waals surface area contributed by atoms with Gasteiger partial charge in [0.25, 0.3) is 5.91 Å². The molecule has 1 aliphatic heterocycles. The number of aryl methyl sites for hydroxylation is 2. The molecule has 59 heavy (non-hydrogen) atoms. The van der Waals surface area contributed by atoms with E-state index in [1.807, 2.05) is 52.0 Å². The summed E-state index contributed by atoms with van der Waals surface area (Å²) >= 11 is 0. The molecule has 1 fully saturated rings. The Balaban J connectivity index is 1.56. The Morgan fingerprint density at radius 1 is 0.831 bits per heavy atom. The molecule has 0 bridgehead atoms. The van der Waals surface area contributed by atoms with Crippen LogP contribution >= 0.6 is 0 Å². The molecule has 2 aromatic carbocycles. The summed E-state index contributed by atoms with van der Waals surface area (Å²) in [6.07, 6.45) is 2.10. The number of nitrogens with one attached hydrogen (secondary N) is 6. The van der Waals surface area contributed by atoms with Crippen molar-refractivity contribution in [2.24, 2.45) is 18.9 Å². The summed E-state index contributed by atoms with van der Waals surface area (Å²) < 4.78 is 6.72. The molecule has 6 N–H and O–H groups in total. The summed E-state index contributed by atoms with van der Waals surface area (Å²) in [6.45, 7) is 10.3. The van der Waals surface area contributed by atoms with Crippen LogP contribution in [0.1, 0.15) is 68.3 Å². The fourth-order valence-electron chi connectivity index (χ4n) is 7.14. The molecular formula is C43H57N9O7. The highest BCUT2D eigenvalue weighted by Crippen LogP contribution is 2.20. The van der Waals surface area contributed by atoms with Gasteiger partial charge in [0.05, 0.1) is 19.3 Å². The number of carbonyl (C=O) groups excluding carboxylic acids is 6. The maximum Gasteiger partial charge on any atom is 0.272 e. The van der Waals surface area contributed by atoms with Gasteiger partial charge in [-0.05, 0) is 67.5 Å². The zero-order valence-corrected chi connectivity index (χ0v) is 35.0. The summed E-state index contributed by atoms with van der Waals surface area (Å²) in [5.41, 5.74) is 3.13. The number of H-pyrrole nitrogens is 1. The van der Waals surface area contributed by atoms with E-state index in [1.165, 1.54) is 16.5 Å². The van der Waals surface area contributed by atoms with E-state index in [4.69, 9.17) is 4.74 Å². The van der Waals surface area contributed by atoms with Gasteiger partial charge in [0.2, 0.25) is 29.5 Å². The standard InChI is InChI=1S/C43H57N9O7/c1-24(2)17-33-41(56)48-34(19-28-13-15-30(59-8)16-14-28)40(55)45-27(6)39(54)49-36(25(3)4)22-52(43(58)37-18-26(5)50-51(37)7)23-38(53)46-35(42(57)47-33)20-29-21-44-32-12-10-9-11-31(29)32/h9-16,18,21,24-25,27,33-36,44H,17,19-20,22-23H2,1-8H3,(H,45,55)(H,46,53)(H,47,57)(H,48,56)(H,49,54)/t27-,33+,34+,35-,36-/m1/s1. The Kier molecular flexibility index (Phi) is 14.5. The minimum Gasteiger partial charge on any atom is -0.497 e. The second kappa shape index (κ2) is 19.5. The van der Waals surface area contributed by atoms with Crippen molar-refractivity contribution < 1.29 is 33.5 Å². The van der Waals surface area contributed by atoms with Crippen molar-refractivity contribution in [2.75, 3.05) is 20.2 Å². The number of aromatic amines is 1. The third-order valence-corrected chi connectivity index (χ3v) is 10.5. The molecule has 0 saturated carbocycles. The minimum atomic E-state index is -1.18. The molecule has 16 heteroatoms. The van der Waals surface area contributed by atoms with Gasteiger partial charge in [-0.3, -0.25) is 33.4 Å². The lowest BCUT2D eigenvalue weighted by Gasteiger charge is -2.32. The van der Waals surface area contributed by atoms with E-state index in [0.29, 0.717) is 17.0 Å². The second-order valence-corrected chi connectivity index (χ2v) is 16.1. The number of benzene rings is 2. The number of para-hydroxylation sites is 1. The second-order valence-electron chi connectivity index (χ2n) is 16.1. The van der Waals surface area contributed by atoms with Gasteiger partial charge >= 0.3 is 0 Å². The molecule has 16 nitrogen and oxygen atoms in total. The van der Waals surface area contributed by atoms with Crippen LogP contribution in [0.15, 0.2) is 60.8 Å². The molecule has 2 aromatic heterocycles. The SMILES string of the molecule is COc1ccc(C[C@@H]2NC(=O)[C@H](CC(C)C)NC(=O)[C@@H](Cc3c[nH]c4ccccc34)NC(=O)CN(C(=O)c3cc(C)nn3C)C[C@H](C(C)C)NC(=O)[C@@H](C)NC2=O)cc1. The smallest absolute Gasteiger partial charge is 0.272 e. The Labute approximate surface area is 344 Å². The van der Waals surface area contributed by atoms with Crippen molar-refractivity contribution in [1.82, 2.24) is 46.2 Å². The largest absolute Gasteiger partial charge is 0.497 e. The minimum absolute atomic E-state index is 0.0531. The third kappa shape index (κ3) is 11.5. The van der Waals surface area contributed by atoms with Gasteiger partial charge in [-0.15, -0.1) is 0 Å². The molecule has 0 aliphatic carbocycles. The van der Waals surface area contributed by atoms with Crippen LogP contribution in [0.25, 0.3) is 10.9 Å². The molecule has 4 aromatic rings. The first kappa shape index (κ1) is 43.9. The number of carbonyl (C=O) groups is 6. The Hall–Kier alpha value is -6.19. The molecule has 1 saturated heterocycles. The summed E-state index contributed by atoms with van der Waals surface area (Å²) in [5.74, 6) is -3.18. The van der Waals surface area contributed by atoms with Crippen LogP contribution in [0.3, 0.4) is 0 Å². The van der Waals surface area contributed by atoms with Gasteiger partial charge in [-0.25, -0.2) is 0 Å². The number of amides is 6. The molecule has 0 spiro atoms. The Morgan fingerprint density at radius 2 is 1.47 bits per heavy atom. The van der Waals surface area contributed by atoms with Gasteiger partial charge in [-0.1, -0.05) is 58.0 Å². The highest BCUT2D eigenvalue weighted by molar-refractivity contribution is 5.98. The normalized spacial score (nSPS) is 21.6. The van der Waals surface area contributed by atoms with Gasteiger partial charge in [-0.2, -0.15) is 5.10 Å². The number of ether oxygens (including phenoxy) is 1. The van der Waals surface area contributed by atoms with E-state index in [2.05, 4.69) is 36.7 Å². The summed E-state index contributed by atoms with van der Waals surface area (Å²) in [6, 6.07) is 11.1. The summed E-state index contributed by atoms with van der Waals surface area (Å²) in [7, 11) is 3.17. The highest BCUT2D eigenvalue weighted by atomic mass is 16.5. The lowest BCUT2D eigenvalue weighted by Crippen LogP contribution is -2.60. The molecule has 5 rings (SSSR count). The van der Waals surface area contributed by atoms with Crippen molar-refractivity contribution in [1.29, 1.82) is 0 Å². The molecular weight excluding hydrogens is 755 g/mol. The number of nitrogens with zero attached hydrogens (tertiary/aromatic N) is 3. The van der Waals surface area contributed by atoms with E-state index in [-0.39, 0.29) is 43.3 Å². The predicted molar refractivity (Wildman–Crippen MR) is 222 cm³/mol. The number of hydrogen-bond donors (Lipinski definition) is 6. The lowest BCUT2D eigenvalue weighted by atomic mass is 9.99. The monoisotopic (exact) mass is 811 g/mol. The van der Waals surface area contributed by atoms with E-state index in [0.717, 1.165) is 16.5 Å². The van der Waals surface area contributed by atoms with Crippen LogP contribution in [0.2, 0.25) is 0 Å². The first-order chi connectivity index (χ1) is 28.0. The topological polar surface area (TPSA) is 209 Å². The molecule has 3 heterocycles. The van der Waals surface area contributed by atoms with Gasteiger partial charge in [0, 0.05) is 49.6 Å². The quantitative estimate of drug-likeness (QED) is 0.148. The number of methoxy groups -OCH3 is 1. The number of fused-ring (bicyclic) bond motifs is 1. The maximum absolute atomic E-state index is 14.4. The first-order valence-corrected chi connectivity index (χ1v) is 20.0. The number of rotatable bonds is 9. The zero-order chi connectivity index (χ0) is 43.0. The summed E-state index contributed by atoms with van der Waals surface area (Å²) in [5, 5.41) is 19.5. The fraction of sp³-hybridized carbons (Fsp3) is 0.465. The summed E-state index contributed by atoms with van der Waals surface area (Å²) in [4.78, 5) is 89.2. The van der Waals surface area contributed by atoms with Crippen molar-refractivity contribution >= 4 is 46.3 Å². The highest BCUT2D eigenvalue weighted by Gasteiger charge is 2.34. The average molecular weight is 812 g/mol. The molecule has 1 aliphatic rings. The van der Waals surface area contributed by atoms with Gasteiger partial charge in [0.15, 0.2) is 0 Å². The van der Waals surface area contributed by atoms with Crippen molar-refractivity contribution in [3.05, 3.63) is 83.3 Å².